The summed E-state index contributed by atoms with van der Waals surface area (Å²) in [6.45, 7) is 6.18. The van der Waals surface area contributed by atoms with Gasteiger partial charge in [0.25, 0.3) is 0 Å². The van der Waals surface area contributed by atoms with Crippen LogP contribution < -0.4 is 14.2 Å². The van der Waals surface area contributed by atoms with Crippen LogP contribution in [0.4, 0.5) is 4.79 Å². The minimum atomic E-state index is -0.612. The maximum Gasteiger partial charge on any atom is 0.410 e. The molecule has 0 atom stereocenters. The monoisotopic (exact) mass is 453 g/mol. The van der Waals surface area contributed by atoms with Crippen LogP contribution in [-0.4, -0.2) is 75.3 Å². The van der Waals surface area contributed by atoms with Gasteiger partial charge in [0.15, 0.2) is 11.5 Å². The van der Waals surface area contributed by atoms with Crippen LogP contribution in [0.2, 0.25) is 0 Å². The zero-order valence-corrected chi connectivity index (χ0v) is 19.8. The second kappa shape index (κ2) is 13.5. The molecular formula is C23H35NO8. The van der Waals surface area contributed by atoms with E-state index >= 15 is 0 Å². The molecular weight excluding hydrogens is 418 g/mol. The molecule has 0 heterocycles. The Labute approximate surface area is 189 Å². The Morgan fingerprint density at radius 1 is 1.00 bits per heavy atom. The van der Waals surface area contributed by atoms with Crippen molar-refractivity contribution >= 4 is 18.1 Å². The van der Waals surface area contributed by atoms with Gasteiger partial charge >= 0.3 is 12.1 Å². The van der Waals surface area contributed by atoms with Gasteiger partial charge in [0, 0.05) is 25.8 Å². The van der Waals surface area contributed by atoms with Crippen molar-refractivity contribution < 1.29 is 38.4 Å². The van der Waals surface area contributed by atoms with Gasteiger partial charge in [-0.3, -0.25) is 0 Å². The van der Waals surface area contributed by atoms with Crippen molar-refractivity contribution in [1.82, 2.24) is 4.90 Å². The molecule has 0 saturated heterocycles. The van der Waals surface area contributed by atoms with Crippen molar-refractivity contribution in [1.29, 1.82) is 0 Å². The van der Waals surface area contributed by atoms with Gasteiger partial charge in [-0.25, -0.2) is 9.59 Å². The lowest BCUT2D eigenvalue weighted by molar-refractivity contribution is -0.137. The molecule has 180 valence electrons. The number of carbonyl (C=O) groups excluding carboxylic acids is 2. The number of ether oxygens (including phenoxy) is 5. The molecule has 1 aromatic rings. The molecule has 1 amide bonds. The molecule has 32 heavy (non-hydrogen) atoms. The number of hydrogen-bond acceptors (Lipinski definition) is 8. The Morgan fingerprint density at radius 3 is 2.09 bits per heavy atom. The second-order valence-electron chi connectivity index (χ2n) is 7.86. The van der Waals surface area contributed by atoms with Crippen LogP contribution in [0.15, 0.2) is 18.2 Å². The molecule has 1 N–H and O–H groups in total. The first-order chi connectivity index (χ1) is 15.1. The van der Waals surface area contributed by atoms with E-state index in [0.717, 1.165) is 0 Å². The summed E-state index contributed by atoms with van der Waals surface area (Å²) >= 11 is 0. The molecule has 0 aliphatic carbocycles. The summed E-state index contributed by atoms with van der Waals surface area (Å²) in [5, 5.41) is 9.04. The molecule has 0 aliphatic heterocycles. The maximum absolute atomic E-state index is 12.3. The fourth-order valence-electron chi connectivity index (χ4n) is 2.72. The van der Waals surface area contributed by atoms with Crippen molar-refractivity contribution in [3.05, 3.63) is 23.8 Å². The number of carbonyl (C=O) groups is 2. The topological polar surface area (TPSA) is 104 Å². The number of rotatable bonds is 12. The number of aliphatic hydroxyl groups excluding tert-OH is 1. The van der Waals surface area contributed by atoms with Crippen LogP contribution >= 0.6 is 0 Å². The Morgan fingerprint density at radius 2 is 1.59 bits per heavy atom. The van der Waals surface area contributed by atoms with Crippen molar-refractivity contribution in [2.45, 2.75) is 39.2 Å². The Bertz CT molecular complexity index is 745. The van der Waals surface area contributed by atoms with Crippen molar-refractivity contribution in [2.75, 3.05) is 47.6 Å². The Hall–Kier alpha value is -2.94. The largest absolute Gasteiger partial charge is 0.493 e. The van der Waals surface area contributed by atoms with Gasteiger partial charge in [-0.2, -0.15) is 0 Å². The molecule has 0 fully saturated rings. The molecule has 9 nitrogen and oxygen atoms in total. The maximum atomic E-state index is 12.3. The van der Waals surface area contributed by atoms with Gasteiger partial charge in [0.05, 0.1) is 27.9 Å². The normalized spacial score (nSPS) is 11.2. The number of amides is 1. The zero-order chi connectivity index (χ0) is 24.1. The lowest BCUT2D eigenvalue weighted by Crippen LogP contribution is -2.38. The van der Waals surface area contributed by atoms with Gasteiger partial charge in [0.1, 0.15) is 5.60 Å². The van der Waals surface area contributed by atoms with Gasteiger partial charge in [-0.15, -0.1) is 0 Å². The standard InChI is InChI=1S/C23H35NO8/c1-23(2,3)32-22(27)24(11-7-13-25)12-8-14-31-20(26)10-9-17-15-18(28-4)21(30-6)19(16-17)29-5/h9-10,15-16,25H,7-8,11-14H2,1-6H3/b10-9+. The van der Waals surface area contributed by atoms with Crippen molar-refractivity contribution in [2.24, 2.45) is 0 Å². The van der Waals surface area contributed by atoms with E-state index in [4.69, 9.17) is 28.8 Å². The zero-order valence-electron chi connectivity index (χ0n) is 19.8. The third kappa shape index (κ3) is 9.47. The molecule has 0 saturated carbocycles. The predicted molar refractivity (Wildman–Crippen MR) is 120 cm³/mol. The number of benzene rings is 1. The van der Waals surface area contributed by atoms with Crippen LogP contribution in [0.25, 0.3) is 6.08 Å². The third-order valence-corrected chi connectivity index (χ3v) is 4.15. The lowest BCUT2D eigenvalue weighted by Gasteiger charge is -2.27. The summed E-state index contributed by atoms with van der Waals surface area (Å²) in [7, 11) is 4.54. The van der Waals surface area contributed by atoms with Gasteiger partial charge in [0.2, 0.25) is 5.75 Å². The first-order valence-corrected chi connectivity index (χ1v) is 10.4. The fourth-order valence-corrected chi connectivity index (χ4v) is 2.72. The van der Waals surface area contributed by atoms with Crippen LogP contribution in [0.3, 0.4) is 0 Å². The lowest BCUT2D eigenvalue weighted by atomic mass is 10.1. The highest BCUT2D eigenvalue weighted by Gasteiger charge is 2.21. The van der Waals surface area contributed by atoms with E-state index in [9.17, 15) is 9.59 Å². The SMILES string of the molecule is COc1cc(/C=C/C(=O)OCCCN(CCCO)C(=O)OC(C)(C)C)cc(OC)c1OC. The second-order valence-corrected chi connectivity index (χ2v) is 7.86. The highest BCUT2D eigenvalue weighted by molar-refractivity contribution is 5.87. The predicted octanol–water partition coefficient (Wildman–Crippen LogP) is 3.28. The van der Waals surface area contributed by atoms with E-state index in [1.807, 2.05) is 0 Å². The smallest absolute Gasteiger partial charge is 0.410 e. The summed E-state index contributed by atoms with van der Waals surface area (Å²) in [5.41, 5.74) is 0.0649. The summed E-state index contributed by atoms with van der Waals surface area (Å²) in [6.07, 6.45) is 3.31. The summed E-state index contributed by atoms with van der Waals surface area (Å²) in [6, 6.07) is 3.43. The van der Waals surface area contributed by atoms with Crippen LogP contribution in [0.5, 0.6) is 17.2 Å². The quantitative estimate of drug-likeness (QED) is 0.292. The minimum Gasteiger partial charge on any atom is -0.493 e. The van der Waals surface area contributed by atoms with E-state index < -0.39 is 17.7 Å². The van der Waals surface area contributed by atoms with Crippen molar-refractivity contribution in [3.63, 3.8) is 0 Å². The first-order valence-electron chi connectivity index (χ1n) is 10.4. The molecule has 0 aromatic heterocycles. The molecule has 0 unspecified atom stereocenters. The Kier molecular flexibility index (Phi) is 11.4. The van der Waals surface area contributed by atoms with Crippen LogP contribution in [0, 0.1) is 0 Å². The minimum absolute atomic E-state index is 0.0278. The highest BCUT2D eigenvalue weighted by atomic mass is 16.6. The Balaban J connectivity index is 2.61. The number of hydrogen-bond donors (Lipinski definition) is 1. The van der Waals surface area contributed by atoms with Gasteiger partial charge < -0.3 is 33.7 Å². The van der Waals surface area contributed by atoms with Gasteiger partial charge in [-0.05, 0) is 57.4 Å². The summed E-state index contributed by atoms with van der Waals surface area (Å²) in [5.74, 6) is 0.901. The molecule has 0 aliphatic rings. The molecule has 0 radical (unpaired) electrons. The van der Waals surface area contributed by atoms with Crippen LogP contribution in [0.1, 0.15) is 39.2 Å². The molecule has 1 aromatic carbocycles. The van der Waals surface area contributed by atoms with E-state index in [1.165, 1.54) is 32.3 Å². The third-order valence-electron chi connectivity index (χ3n) is 4.15. The average Bonchev–Trinajstić information content (AvgIpc) is 2.74. The first kappa shape index (κ1) is 27.1. The summed E-state index contributed by atoms with van der Waals surface area (Å²) < 4.78 is 26.4. The van der Waals surface area contributed by atoms with E-state index in [0.29, 0.717) is 48.7 Å². The van der Waals surface area contributed by atoms with Gasteiger partial charge in [-0.1, -0.05) is 0 Å². The highest BCUT2D eigenvalue weighted by Crippen LogP contribution is 2.38. The molecule has 1 rings (SSSR count). The summed E-state index contributed by atoms with van der Waals surface area (Å²) in [4.78, 5) is 25.8. The molecule has 9 heteroatoms. The number of aliphatic hydroxyl groups is 1. The van der Waals surface area contributed by atoms with E-state index in [1.54, 1.807) is 39.0 Å². The molecule has 0 bridgehead atoms. The van der Waals surface area contributed by atoms with Crippen LogP contribution in [-0.2, 0) is 14.3 Å². The number of nitrogens with zero attached hydrogens (tertiary/aromatic N) is 1. The van der Waals surface area contributed by atoms with E-state index in [2.05, 4.69) is 0 Å². The van der Waals surface area contributed by atoms with E-state index in [-0.39, 0.29) is 13.2 Å². The number of esters is 1. The molecule has 0 spiro atoms. The fraction of sp³-hybridized carbons (Fsp3) is 0.565. The van der Waals surface area contributed by atoms with Crippen molar-refractivity contribution in [3.8, 4) is 17.2 Å². The number of methoxy groups -OCH3 is 3. The average molecular weight is 454 g/mol.